The molecule has 0 aliphatic rings. The average molecular weight is 270 g/mol. The summed E-state index contributed by atoms with van der Waals surface area (Å²) in [6, 6.07) is 9.30. The van der Waals surface area contributed by atoms with Gasteiger partial charge in [-0.15, -0.1) is 0 Å². The third-order valence-electron chi connectivity index (χ3n) is 2.88. The van der Waals surface area contributed by atoms with Crippen LogP contribution in [0.25, 0.3) is 0 Å². The second-order valence-corrected chi connectivity index (χ2v) is 5.30. The maximum absolute atomic E-state index is 3.61. The molecule has 0 radical (unpaired) electrons. The molecule has 0 heterocycles. The molecule has 1 N–H and O–H groups in total. The van der Waals surface area contributed by atoms with Crippen molar-refractivity contribution in [3.8, 4) is 0 Å². The van der Waals surface area contributed by atoms with Crippen molar-refractivity contribution in [3.05, 3.63) is 34.3 Å². The molecular formula is C13H20BrN. The van der Waals surface area contributed by atoms with E-state index < -0.39 is 0 Å². The summed E-state index contributed by atoms with van der Waals surface area (Å²) in [5.41, 5.74) is 1.32. The fourth-order valence-electron chi connectivity index (χ4n) is 1.50. The Bertz CT molecular complexity index is 309. The minimum atomic E-state index is 0.387. The SMILES string of the molecule is CC(C)[C@H](C)N[C@H](C)c1ccccc1Br. The van der Waals surface area contributed by atoms with Crippen molar-refractivity contribution >= 4 is 15.9 Å². The lowest BCUT2D eigenvalue weighted by Gasteiger charge is -2.23. The first-order valence-corrected chi connectivity index (χ1v) is 6.32. The van der Waals surface area contributed by atoms with Gasteiger partial charge in [0.1, 0.15) is 0 Å². The highest BCUT2D eigenvalue weighted by Gasteiger charge is 2.13. The summed E-state index contributed by atoms with van der Waals surface area (Å²) in [4.78, 5) is 0. The molecule has 0 saturated heterocycles. The highest BCUT2D eigenvalue weighted by Crippen LogP contribution is 2.23. The molecule has 0 bridgehead atoms. The molecule has 0 unspecified atom stereocenters. The molecule has 1 aromatic rings. The lowest BCUT2D eigenvalue weighted by Crippen LogP contribution is -2.33. The summed E-state index contributed by atoms with van der Waals surface area (Å²) in [6.45, 7) is 8.92. The second-order valence-electron chi connectivity index (χ2n) is 4.44. The highest BCUT2D eigenvalue weighted by atomic mass is 79.9. The zero-order valence-corrected chi connectivity index (χ0v) is 11.5. The van der Waals surface area contributed by atoms with E-state index in [9.17, 15) is 0 Å². The van der Waals surface area contributed by atoms with Crippen LogP contribution in [0.4, 0.5) is 0 Å². The van der Waals surface area contributed by atoms with Gasteiger partial charge in [0.2, 0.25) is 0 Å². The number of benzene rings is 1. The minimum Gasteiger partial charge on any atom is -0.307 e. The molecule has 0 saturated carbocycles. The third kappa shape index (κ3) is 3.62. The van der Waals surface area contributed by atoms with Gasteiger partial charge in [-0.2, -0.15) is 0 Å². The maximum Gasteiger partial charge on any atom is 0.0305 e. The van der Waals surface area contributed by atoms with Crippen molar-refractivity contribution < 1.29 is 0 Å². The molecule has 15 heavy (non-hydrogen) atoms. The molecule has 1 nitrogen and oxygen atoms in total. The summed E-state index contributed by atoms with van der Waals surface area (Å²) < 4.78 is 1.18. The number of nitrogens with one attached hydrogen (secondary N) is 1. The normalized spacial score (nSPS) is 15.3. The minimum absolute atomic E-state index is 0.387. The second kappa shape index (κ2) is 5.66. The molecule has 0 aromatic heterocycles. The molecule has 84 valence electrons. The Hall–Kier alpha value is -0.340. The van der Waals surface area contributed by atoms with Gasteiger partial charge in [0.25, 0.3) is 0 Å². The predicted molar refractivity (Wildman–Crippen MR) is 70.0 cm³/mol. The standard InChI is InChI=1S/C13H20BrN/c1-9(2)10(3)15-11(4)12-7-5-6-8-13(12)14/h5-11,15H,1-4H3/t10-,11+/m0/s1. The van der Waals surface area contributed by atoms with Gasteiger partial charge in [0.15, 0.2) is 0 Å². The van der Waals surface area contributed by atoms with Crippen molar-refractivity contribution in [1.82, 2.24) is 5.32 Å². The summed E-state index contributed by atoms with van der Waals surface area (Å²) in [6.07, 6.45) is 0. The molecule has 0 spiro atoms. The summed E-state index contributed by atoms with van der Waals surface area (Å²) in [5, 5.41) is 3.61. The first-order valence-electron chi connectivity index (χ1n) is 5.53. The Morgan fingerprint density at radius 1 is 1.07 bits per heavy atom. The van der Waals surface area contributed by atoms with E-state index in [1.807, 2.05) is 6.07 Å². The number of halogens is 1. The van der Waals surface area contributed by atoms with E-state index in [0.29, 0.717) is 18.0 Å². The van der Waals surface area contributed by atoms with Crippen LogP contribution in [0.15, 0.2) is 28.7 Å². The fourth-order valence-corrected chi connectivity index (χ4v) is 2.13. The van der Waals surface area contributed by atoms with Crippen LogP contribution in [0.5, 0.6) is 0 Å². The third-order valence-corrected chi connectivity index (χ3v) is 3.61. The van der Waals surface area contributed by atoms with Crippen molar-refractivity contribution in [3.63, 3.8) is 0 Å². The molecule has 0 fully saturated rings. The van der Waals surface area contributed by atoms with E-state index in [0.717, 1.165) is 0 Å². The fraction of sp³-hybridized carbons (Fsp3) is 0.538. The van der Waals surface area contributed by atoms with Crippen LogP contribution in [-0.4, -0.2) is 6.04 Å². The lowest BCUT2D eigenvalue weighted by molar-refractivity contribution is 0.388. The largest absolute Gasteiger partial charge is 0.307 e. The van der Waals surface area contributed by atoms with Gasteiger partial charge in [-0.3, -0.25) is 0 Å². The van der Waals surface area contributed by atoms with Crippen LogP contribution >= 0.6 is 15.9 Å². The number of hydrogen-bond acceptors (Lipinski definition) is 1. The zero-order chi connectivity index (χ0) is 11.4. The van der Waals surface area contributed by atoms with E-state index >= 15 is 0 Å². The van der Waals surface area contributed by atoms with Crippen LogP contribution in [-0.2, 0) is 0 Å². The smallest absolute Gasteiger partial charge is 0.0305 e. The molecule has 1 rings (SSSR count). The first kappa shape index (κ1) is 12.7. The van der Waals surface area contributed by atoms with Crippen LogP contribution in [0.1, 0.15) is 39.3 Å². The average Bonchev–Trinajstić information content (AvgIpc) is 2.18. The topological polar surface area (TPSA) is 12.0 Å². The molecule has 2 heteroatoms. The summed E-state index contributed by atoms with van der Waals surface area (Å²) >= 11 is 3.58. The predicted octanol–water partition coefficient (Wildman–Crippen LogP) is 4.14. The van der Waals surface area contributed by atoms with Crippen molar-refractivity contribution in [2.75, 3.05) is 0 Å². The van der Waals surface area contributed by atoms with Crippen LogP contribution < -0.4 is 5.32 Å². The van der Waals surface area contributed by atoms with E-state index in [1.54, 1.807) is 0 Å². The van der Waals surface area contributed by atoms with E-state index in [2.05, 4.69) is 67.1 Å². The number of hydrogen-bond donors (Lipinski definition) is 1. The molecule has 0 amide bonds. The molecular weight excluding hydrogens is 250 g/mol. The monoisotopic (exact) mass is 269 g/mol. The van der Waals surface area contributed by atoms with E-state index in [1.165, 1.54) is 10.0 Å². The van der Waals surface area contributed by atoms with Gasteiger partial charge in [0, 0.05) is 16.6 Å². The van der Waals surface area contributed by atoms with Gasteiger partial charge < -0.3 is 5.32 Å². The van der Waals surface area contributed by atoms with Crippen LogP contribution in [0, 0.1) is 5.92 Å². The summed E-state index contributed by atoms with van der Waals surface area (Å²) in [5.74, 6) is 0.662. The number of rotatable bonds is 4. The van der Waals surface area contributed by atoms with Crippen LogP contribution in [0.2, 0.25) is 0 Å². The Balaban J connectivity index is 2.69. The van der Waals surface area contributed by atoms with Gasteiger partial charge in [0.05, 0.1) is 0 Å². The van der Waals surface area contributed by atoms with Gasteiger partial charge in [-0.1, -0.05) is 48.0 Å². The lowest BCUT2D eigenvalue weighted by atomic mass is 10.0. The first-order chi connectivity index (χ1) is 7.02. The quantitative estimate of drug-likeness (QED) is 0.866. The van der Waals surface area contributed by atoms with Gasteiger partial charge in [-0.25, -0.2) is 0 Å². The zero-order valence-electron chi connectivity index (χ0n) is 9.92. The van der Waals surface area contributed by atoms with E-state index in [4.69, 9.17) is 0 Å². The molecule has 2 atom stereocenters. The van der Waals surface area contributed by atoms with Gasteiger partial charge >= 0.3 is 0 Å². The Morgan fingerprint density at radius 3 is 2.20 bits per heavy atom. The Morgan fingerprint density at radius 2 is 1.67 bits per heavy atom. The Labute approximate surface area is 101 Å². The van der Waals surface area contributed by atoms with Crippen molar-refractivity contribution in [1.29, 1.82) is 0 Å². The van der Waals surface area contributed by atoms with Crippen molar-refractivity contribution in [2.45, 2.75) is 39.8 Å². The highest BCUT2D eigenvalue weighted by molar-refractivity contribution is 9.10. The molecule has 0 aliphatic heterocycles. The Kier molecular flexibility index (Phi) is 4.81. The summed E-state index contributed by atoms with van der Waals surface area (Å²) in [7, 11) is 0. The van der Waals surface area contributed by atoms with Crippen molar-refractivity contribution in [2.24, 2.45) is 5.92 Å². The van der Waals surface area contributed by atoms with Crippen LogP contribution in [0.3, 0.4) is 0 Å². The molecule has 0 aliphatic carbocycles. The molecule has 1 aromatic carbocycles. The van der Waals surface area contributed by atoms with E-state index in [-0.39, 0.29) is 0 Å². The van der Waals surface area contributed by atoms with Gasteiger partial charge in [-0.05, 0) is 31.4 Å². The maximum atomic E-state index is 3.61.